The molecule has 0 saturated heterocycles. The Morgan fingerprint density at radius 2 is 2.12 bits per heavy atom. The van der Waals surface area contributed by atoms with Crippen molar-refractivity contribution in [3.63, 3.8) is 0 Å². The monoisotopic (exact) mass is 227 g/mol. The number of aromatic nitrogens is 1. The molecule has 2 aromatic rings. The Kier molecular flexibility index (Phi) is 2.88. The van der Waals surface area contributed by atoms with Crippen LogP contribution < -0.4 is 5.32 Å². The molecule has 5 nitrogen and oxygen atoms in total. The molecule has 2 rings (SSSR count). The van der Waals surface area contributed by atoms with Crippen LogP contribution in [0, 0.1) is 18.3 Å². The summed E-state index contributed by atoms with van der Waals surface area (Å²) >= 11 is 0. The first-order chi connectivity index (χ1) is 8.19. The first kappa shape index (κ1) is 10.9. The van der Waals surface area contributed by atoms with Crippen LogP contribution in [0.5, 0.6) is 0 Å². The smallest absolute Gasteiger partial charge is 0.311 e. The summed E-state index contributed by atoms with van der Waals surface area (Å²) in [6, 6.07) is 8.53. The van der Waals surface area contributed by atoms with Gasteiger partial charge in [0, 0.05) is 5.69 Å². The molecule has 0 saturated carbocycles. The van der Waals surface area contributed by atoms with Crippen LogP contribution in [0.25, 0.3) is 0 Å². The van der Waals surface area contributed by atoms with Crippen LogP contribution >= 0.6 is 0 Å². The SMILES string of the molecule is Cc1cnc(C(=O)Nc2ccc(C#N)cc2)o1. The molecule has 17 heavy (non-hydrogen) atoms. The van der Waals surface area contributed by atoms with Crippen molar-refractivity contribution in [2.45, 2.75) is 6.92 Å². The summed E-state index contributed by atoms with van der Waals surface area (Å²) in [5, 5.41) is 11.2. The van der Waals surface area contributed by atoms with E-state index >= 15 is 0 Å². The Balaban J connectivity index is 2.11. The Morgan fingerprint density at radius 3 is 2.65 bits per heavy atom. The highest BCUT2D eigenvalue weighted by molar-refractivity contribution is 6.00. The maximum absolute atomic E-state index is 11.6. The number of aryl methyl sites for hydroxylation is 1. The van der Waals surface area contributed by atoms with Gasteiger partial charge in [0.05, 0.1) is 17.8 Å². The highest BCUT2D eigenvalue weighted by atomic mass is 16.4. The molecule has 0 aliphatic rings. The molecule has 84 valence electrons. The zero-order valence-electron chi connectivity index (χ0n) is 9.10. The standard InChI is InChI=1S/C12H9N3O2/c1-8-7-14-12(17-8)11(16)15-10-4-2-9(6-13)3-5-10/h2-5,7H,1H3,(H,15,16). The highest BCUT2D eigenvalue weighted by Gasteiger charge is 2.11. The van der Waals surface area contributed by atoms with Crippen molar-refractivity contribution in [2.75, 3.05) is 5.32 Å². The van der Waals surface area contributed by atoms with E-state index in [9.17, 15) is 4.79 Å². The first-order valence-corrected chi connectivity index (χ1v) is 4.93. The summed E-state index contributed by atoms with van der Waals surface area (Å²) in [7, 11) is 0. The molecule has 1 aromatic carbocycles. The fraction of sp³-hybridized carbons (Fsp3) is 0.0833. The molecule has 0 bridgehead atoms. The first-order valence-electron chi connectivity index (χ1n) is 4.93. The summed E-state index contributed by atoms with van der Waals surface area (Å²) < 4.78 is 5.09. The van der Waals surface area contributed by atoms with E-state index in [1.54, 1.807) is 31.2 Å². The second-order valence-corrected chi connectivity index (χ2v) is 3.42. The Morgan fingerprint density at radius 1 is 1.41 bits per heavy atom. The molecule has 0 unspecified atom stereocenters. The Hall–Kier alpha value is -2.61. The second kappa shape index (κ2) is 4.49. The lowest BCUT2D eigenvalue weighted by Gasteiger charge is -2.01. The molecular formula is C12H9N3O2. The predicted molar refractivity (Wildman–Crippen MR) is 60.4 cm³/mol. The summed E-state index contributed by atoms with van der Waals surface area (Å²) in [6.45, 7) is 1.71. The summed E-state index contributed by atoms with van der Waals surface area (Å²) in [4.78, 5) is 15.5. The molecule has 0 radical (unpaired) electrons. The van der Waals surface area contributed by atoms with Gasteiger partial charge in [0.25, 0.3) is 5.89 Å². The summed E-state index contributed by atoms with van der Waals surface area (Å²) in [5.74, 6) is 0.185. The van der Waals surface area contributed by atoms with Crippen molar-refractivity contribution in [1.82, 2.24) is 4.98 Å². The van der Waals surface area contributed by atoms with E-state index in [0.29, 0.717) is 17.0 Å². The number of nitrogens with zero attached hydrogens (tertiary/aromatic N) is 2. The van der Waals surface area contributed by atoms with E-state index in [1.807, 2.05) is 6.07 Å². The molecule has 1 N–H and O–H groups in total. The number of carbonyl (C=O) groups excluding carboxylic acids is 1. The molecule has 0 aliphatic heterocycles. The van der Waals surface area contributed by atoms with E-state index < -0.39 is 5.91 Å². The van der Waals surface area contributed by atoms with Crippen LogP contribution in [0.15, 0.2) is 34.9 Å². The minimum atomic E-state index is -0.414. The minimum Gasteiger partial charge on any atom is -0.438 e. The molecule has 5 heteroatoms. The van der Waals surface area contributed by atoms with E-state index in [2.05, 4.69) is 10.3 Å². The van der Waals surface area contributed by atoms with Gasteiger partial charge in [0.15, 0.2) is 0 Å². The molecule has 1 aromatic heterocycles. The maximum atomic E-state index is 11.6. The number of hydrogen-bond acceptors (Lipinski definition) is 4. The van der Waals surface area contributed by atoms with Gasteiger partial charge in [-0.25, -0.2) is 4.98 Å². The third-order valence-electron chi connectivity index (χ3n) is 2.09. The van der Waals surface area contributed by atoms with Crippen molar-refractivity contribution >= 4 is 11.6 Å². The quantitative estimate of drug-likeness (QED) is 0.852. The van der Waals surface area contributed by atoms with Gasteiger partial charge >= 0.3 is 5.91 Å². The van der Waals surface area contributed by atoms with Crippen LogP contribution in [-0.4, -0.2) is 10.9 Å². The zero-order valence-corrected chi connectivity index (χ0v) is 9.10. The normalized spacial score (nSPS) is 9.65. The van der Waals surface area contributed by atoms with Crippen molar-refractivity contribution < 1.29 is 9.21 Å². The third-order valence-corrected chi connectivity index (χ3v) is 2.09. The van der Waals surface area contributed by atoms with Crippen molar-refractivity contribution in [3.8, 4) is 6.07 Å². The number of oxazole rings is 1. The number of nitrogens with one attached hydrogen (secondary N) is 1. The van der Waals surface area contributed by atoms with Gasteiger partial charge in [0.2, 0.25) is 0 Å². The predicted octanol–water partition coefficient (Wildman–Crippen LogP) is 2.11. The molecule has 0 spiro atoms. The van der Waals surface area contributed by atoms with Gasteiger partial charge in [-0.1, -0.05) is 0 Å². The van der Waals surface area contributed by atoms with Crippen LogP contribution in [-0.2, 0) is 0 Å². The molecule has 1 heterocycles. The number of carbonyl (C=O) groups is 1. The van der Waals surface area contributed by atoms with Gasteiger partial charge in [0.1, 0.15) is 5.76 Å². The van der Waals surface area contributed by atoms with Gasteiger partial charge in [-0.15, -0.1) is 0 Å². The minimum absolute atomic E-state index is 0.0202. The largest absolute Gasteiger partial charge is 0.438 e. The van der Waals surface area contributed by atoms with Crippen molar-refractivity contribution in [1.29, 1.82) is 5.26 Å². The number of benzene rings is 1. The van der Waals surface area contributed by atoms with Gasteiger partial charge in [-0.2, -0.15) is 5.26 Å². The lowest BCUT2D eigenvalue weighted by molar-refractivity contribution is 0.0989. The average Bonchev–Trinajstić information content (AvgIpc) is 2.77. The second-order valence-electron chi connectivity index (χ2n) is 3.42. The van der Waals surface area contributed by atoms with E-state index in [4.69, 9.17) is 9.68 Å². The van der Waals surface area contributed by atoms with Gasteiger partial charge in [-0.05, 0) is 31.2 Å². The zero-order chi connectivity index (χ0) is 12.3. The van der Waals surface area contributed by atoms with Crippen LogP contribution in [0.3, 0.4) is 0 Å². The molecule has 1 amide bonds. The summed E-state index contributed by atoms with van der Waals surface area (Å²) in [5.41, 5.74) is 1.12. The Bertz CT molecular complexity index is 579. The number of nitriles is 1. The van der Waals surface area contributed by atoms with E-state index in [-0.39, 0.29) is 5.89 Å². The van der Waals surface area contributed by atoms with Crippen molar-refractivity contribution in [2.24, 2.45) is 0 Å². The number of amides is 1. The lowest BCUT2D eigenvalue weighted by Crippen LogP contribution is -2.12. The molecule has 0 aliphatic carbocycles. The lowest BCUT2D eigenvalue weighted by atomic mass is 10.2. The fourth-order valence-electron chi connectivity index (χ4n) is 1.27. The van der Waals surface area contributed by atoms with Gasteiger partial charge < -0.3 is 9.73 Å². The highest BCUT2D eigenvalue weighted by Crippen LogP contribution is 2.11. The van der Waals surface area contributed by atoms with E-state index in [1.165, 1.54) is 6.20 Å². The number of hydrogen-bond donors (Lipinski definition) is 1. The molecular weight excluding hydrogens is 218 g/mol. The summed E-state index contributed by atoms with van der Waals surface area (Å²) in [6.07, 6.45) is 1.48. The van der Waals surface area contributed by atoms with Gasteiger partial charge in [-0.3, -0.25) is 4.79 Å². The number of anilines is 1. The van der Waals surface area contributed by atoms with E-state index in [0.717, 1.165) is 0 Å². The average molecular weight is 227 g/mol. The molecule has 0 atom stereocenters. The topological polar surface area (TPSA) is 78.9 Å². The third kappa shape index (κ3) is 2.49. The molecule has 0 fully saturated rings. The van der Waals surface area contributed by atoms with Crippen LogP contribution in [0.4, 0.5) is 5.69 Å². The number of rotatable bonds is 2. The Labute approximate surface area is 97.7 Å². The maximum Gasteiger partial charge on any atom is 0.311 e. The fourth-order valence-corrected chi connectivity index (χ4v) is 1.27. The van der Waals surface area contributed by atoms with Crippen molar-refractivity contribution in [3.05, 3.63) is 47.7 Å². The van der Waals surface area contributed by atoms with Crippen LogP contribution in [0.2, 0.25) is 0 Å². The van der Waals surface area contributed by atoms with Crippen LogP contribution in [0.1, 0.15) is 22.0 Å².